The summed E-state index contributed by atoms with van der Waals surface area (Å²) < 4.78 is 0. The van der Waals surface area contributed by atoms with Crippen LogP contribution in [-0.2, 0) is 0 Å². The molecule has 0 amide bonds. The van der Waals surface area contributed by atoms with Gasteiger partial charge in [-0.15, -0.1) is 0 Å². The van der Waals surface area contributed by atoms with Crippen LogP contribution in [0, 0.1) is 23.7 Å². The zero-order chi connectivity index (χ0) is 12.4. The van der Waals surface area contributed by atoms with Gasteiger partial charge in [0.25, 0.3) is 0 Å². The van der Waals surface area contributed by atoms with Crippen LogP contribution >= 0.6 is 0 Å². The Kier molecular flexibility index (Phi) is 4.48. The van der Waals surface area contributed by atoms with Crippen LogP contribution in [0.3, 0.4) is 0 Å². The molecule has 0 aromatic carbocycles. The normalized spacial score (nSPS) is 48.0. The van der Waals surface area contributed by atoms with Gasteiger partial charge in [-0.1, -0.05) is 13.8 Å². The quantitative estimate of drug-likeness (QED) is 0.779. The smallest absolute Gasteiger partial charge is 0.0545 e. The van der Waals surface area contributed by atoms with Crippen molar-refractivity contribution in [3.05, 3.63) is 0 Å². The van der Waals surface area contributed by atoms with Crippen molar-refractivity contribution in [2.24, 2.45) is 23.7 Å². The maximum absolute atomic E-state index is 9.83. The van der Waals surface area contributed by atoms with Crippen molar-refractivity contribution in [2.75, 3.05) is 0 Å². The fourth-order valence-electron chi connectivity index (χ4n) is 4.27. The highest BCUT2D eigenvalue weighted by Crippen LogP contribution is 2.38. The molecule has 0 aliphatic heterocycles. The van der Waals surface area contributed by atoms with Gasteiger partial charge >= 0.3 is 0 Å². The molecule has 2 heteroatoms. The Labute approximate surface area is 105 Å². The largest absolute Gasteiger partial charge is 0.393 e. The number of hydrogen-bond donors (Lipinski definition) is 2. The first-order valence-corrected chi connectivity index (χ1v) is 7.39. The first-order chi connectivity index (χ1) is 8.02. The van der Waals surface area contributed by atoms with Crippen molar-refractivity contribution in [3.63, 3.8) is 0 Å². The molecular formula is C15H28O2. The second-order valence-electron chi connectivity index (χ2n) is 6.90. The van der Waals surface area contributed by atoms with Crippen molar-refractivity contribution < 1.29 is 10.2 Å². The molecule has 0 saturated heterocycles. The van der Waals surface area contributed by atoms with E-state index < -0.39 is 0 Å². The maximum Gasteiger partial charge on any atom is 0.0545 e. The lowest BCUT2D eigenvalue weighted by molar-refractivity contribution is 0.0396. The van der Waals surface area contributed by atoms with Gasteiger partial charge in [0.15, 0.2) is 0 Å². The van der Waals surface area contributed by atoms with E-state index in [0.717, 1.165) is 25.7 Å². The van der Waals surface area contributed by atoms with Crippen LogP contribution < -0.4 is 0 Å². The molecule has 0 radical (unpaired) electrons. The summed E-state index contributed by atoms with van der Waals surface area (Å²) >= 11 is 0. The second kappa shape index (κ2) is 5.71. The summed E-state index contributed by atoms with van der Waals surface area (Å²) in [7, 11) is 0. The fraction of sp³-hybridized carbons (Fsp3) is 1.00. The number of aliphatic hydroxyl groups excluding tert-OH is 2. The fourth-order valence-corrected chi connectivity index (χ4v) is 4.27. The monoisotopic (exact) mass is 240 g/mol. The van der Waals surface area contributed by atoms with Crippen LogP contribution in [0.25, 0.3) is 0 Å². The molecular weight excluding hydrogens is 212 g/mol. The standard InChI is InChI=1S/C15H28O2/c1-10-3-12(8-14(16)5-10)7-13-4-11(2)6-15(17)9-13/h10-17H,3-9H2,1-2H3. The van der Waals surface area contributed by atoms with Gasteiger partial charge < -0.3 is 10.2 Å². The highest BCUT2D eigenvalue weighted by atomic mass is 16.3. The van der Waals surface area contributed by atoms with Gasteiger partial charge in [-0.3, -0.25) is 0 Å². The molecule has 100 valence electrons. The van der Waals surface area contributed by atoms with Crippen LogP contribution in [0.5, 0.6) is 0 Å². The molecule has 0 heterocycles. The molecule has 2 fully saturated rings. The molecule has 0 bridgehead atoms. The van der Waals surface area contributed by atoms with Gasteiger partial charge in [0.1, 0.15) is 0 Å². The summed E-state index contributed by atoms with van der Waals surface area (Å²) in [6, 6.07) is 0. The van der Waals surface area contributed by atoms with Gasteiger partial charge in [0.05, 0.1) is 12.2 Å². The SMILES string of the molecule is CC1CC(O)CC(CC2CC(C)CC(O)C2)C1. The minimum Gasteiger partial charge on any atom is -0.393 e. The summed E-state index contributed by atoms with van der Waals surface area (Å²) in [6.45, 7) is 4.52. The van der Waals surface area contributed by atoms with Crippen molar-refractivity contribution in [1.29, 1.82) is 0 Å². The molecule has 2 aliphatic carbocycles. The van der Waals surface area contributed by atoms with E-state index in [2.05, 4.69) is 13.8 Å². The lowest BCUT2D eigenvalue weighted by Gasteiger charge is -2.36. The van der Waals surface area contributed by atoms with E-state index >= 15 is 0 Å². The molecule has 2 rings (SSSR count). The lowest BCUT2D eigenvalue weighted by Crippen LogP contribution is -2.30. The molecule has 2 nitrogen and oxygen atoms in total. The topological polar surface area (TPSA) is 40.5 Å². The van der Waals surface area contributed by atoms with Gasteiger partial charge in [-0.2, -0.15) is 0 Å². The van der Waals surface area contributed by atoms with E-state index in [4.69, 9.17) is 0 Å². The molecule has 17 heavy (non-hydrogen) atoms. The Morgan fingerprint density at radius 1 is 0.706 bits per heavy atom. The number of hydrogen-bond acceptors (Lipinski definition) is 2. The van der Waals surface area contributed by atoms with Crippen molar-refractivity contribution in [2.45, 2.75) is 71.0 Å². The molecule has 2 saturated carbocycles. The third-order valence-electron chi connectivity index (χ3n) is 4.70. The van der Waals surface area contributed by atoms with Crippen LogP contribution in [0.1, 0.15) is 58.8 Å². The summed E-state index contributed by atoms with van der Waals surface area (Å²) in [4.78, 5) is 0. The Bertz CT molecular complexity index is 197. The van der Waals surface area contributed by atoms with Crippen LogP contribution in [0.4, 0.5) is 0 Å². The van der Waals surface area contributed by atoms with Crippen molar-refractivity contribution in [3.8, 4) is 0 Å². The zero-order valence-corrected chi connectivity index (χ0v) is 11.3. The van der Waals surface area contributed by atoms with Gasteiger partial charge in [-0.25, -0.2) is 0 Å². The molecule has 6 atom stereocenters. The third kappa shape index (κ3) is 3.96. The van der Waals surface area contributed by atoms with E-state index in [1.165, 1.54) is 19.3 Å². The summed E-state index contributed by atoms with van der Waals surface area (Å²) in [5.41, 5.74) is 0. The molecule has 0 aromatic rings. The van der Waals surface area contributed by atoms with Crippen molar-refractivity contribution >= 4 is 0 Å². The predicted octanol–water partition coefficient (Wildman–Crippen LogP) is 2.97. The second-order valence-corrected chi connectivity index (χ2v) is 6.90. The maximum atomic E-state index is 9.83. The van der Waals surface area contributed by atoms with Crippen LogP contribution in [0.15, 0.2) is 0 Å². The Hall–Kier alpha value is -0.0800. The average molecular weight is 240 g/mol. The van der Waals surface area contributed by atoms with Crippen LogP contribution in [-0.4, -0.2) is 22.4 Å². The molecule has 6 unspecified atom stereocenters. The van der Waals surface area contributed by atoms with E-state index in [1.807, 2.05) is 0 Å². The lowest BCUT2D eigenvalue weighted by atomic mass is 9.72. The minimum atomic E-state index is -0.0744. The van der Waals surface area contributed by atoms with E-state index in [1.54, 1.807) is 0 Å². The van der Waals surface area contributed by atoms with Gasteiger partial charge in [0, 0.05) is 0 Å². The zero-order valence-electron chi connectivity index (χ0n) is 11.3. The van der Waals surface area contributed by atoms with E-state index in [0.29, 0.717) is 23.7 Å². The first-order valence-electron chi connectivity index (χ1n) is 7.39. The first kappa shape index (κ1) is 13.4. The summed E-state index contributed by atoms with van der Waals surface area (Å²) in [6.07, 6.45) is 7.58. The highest BCUT2D eigenvalue weighted by molar-refractivity contribution is 4.82. The minimum absolute atomic E-state index is 0.0744. The molecule has 2 aliphatic rings. The van der Waals surface area contributed by atoms with E-state index in [9.17, 15) is 10.2 Å². The Balaban J connectivity index is 1.83. The molecule has 2 N–H and O–H groups in total. The summed E-state index contributed by atoms with van der Waals surface area (Å²) in [5, 5.41) is 19.7. The molecule has 0 spiro atoms. The Morgan fingerprint density at radius 2 is 1.12 bits per heavy atom. The Morgan fingerprint density at radius 3 is 1.47 bits per heavy atom. The third-order valence-corrected chi connectivity index (χ3v) is 4.70. The predicted molar refractivity (Wildman–Crippen MR) is 69.6 cm³/mol. The van der Waals surface area contributed by atoms with Gasteiger partial charge in [-0.05, 0) is 68.6 Å². The summed E-state index contributed by atoms with van der Waals surface area (Å²) in [5.74, 6) is 2.73. The van der Waals surface area contributed by atoms with Crippen LogP contribution in [0.2, 0.25) is 0 Å². The number of rotatable bonds is 2. The number of aliphatic hydroxyl groups is 2. The molecule has 0 aromatic heterocycles. The van der Waals surface area contributed by atoms with Crippen molar-refractivity contribution in [1.82, 2.24) is 0 Å². The highest BCUT2D eigenvalue weighted by Gasteiger charge is 2.31. The average Bonchev–Trinajstić information content (AvgIpc) is 2.13. The van der Waals surface area contributed by atoms with E-state index in [-0.39, 0.29) is 12.2 Å². The van der Waals surface area contributed by atoms with Gasteiger partial charge in [0.2, 0.25) is 0 Å².